The number of nitrogens with zero attached hydrogens (tertiary/aromatic N) is 1. The standard InChI is InChI=1S/C21H15NO5/c1-12-10-17(24)14-6-4-2-3-5-7-18-20(12)21(14,27-20)15-11-13(23)8-9-16(15)22(18)19(25)26/h2-3,8-9,11-12,14,18,23H,10H2,1H3,(H,25,26)/t12-,14+,18-,20-,21+/m0/s1. The summed E-state index contributed by atoms with van der Waals surface area (Å²) in [4.78, 5) is 26.2. The molecule has 0 unspecified atom stereocenters. The molecule has 1 saturated heterocycles. The number of benzene rings is 1. The fourth-order valence-electron chi connectivity index (χ4n) is 5.01. The third-order valence-corrected chi connectivity index (χ3v) is 6.04. The van der Waals surface area contributed by atoms with E-state index in [-0.39, 0.29) is 23.9 Å². The Morgan fingerprint density at radius 3 is 2.78 bits per heavy atom. The molecule has 0 spiro atoms. The highest BCUT2D eigenvalue weighted by Crippen LogP contribution is 2.73. The van der Waals surface area contributed by atoms with Crippen molar-refractivity contribution in [2.24, 2.45) is 11.8 Å². The topological polar surface area (TPSA) is 90.4 Å². The number of ketones is 1. The first kappa shape index (κ1) is 16.0. The van der Waals surface area contributed by atoms with Crippen LogP contribution in [-0.4, -0.2) is 33.7 Å². The Balaban J connectivity index is 1.90. The van der Waals surface area contributed by atoms with Crippen LogP contribution in [0.5, 0.6) is 5.75 Å². The zero-order chi connectivity index (χ0) is 19.0. The van der Waals surface area contributed by atoms with Crippen LogP contribution in [-0.2, 0) is 15.1 Å². The van der Waals surface area contributed by atoms with Crippen molar-refractivity contribution in [3.8, 4) is 29.4 Å². The maximum Gasteiger partial charge on any atom is 0.413 e. The molecule has 1 amide bonds. The molecule has 134 valence electrons. The number of hydrogen-bond donors (Lipinski definition) is 2. The smallest absolute Gasteiger partial charge is 0.413 e. The predicted octanol–water partition coefficient (Wildman–Crippen LogP) is 2.02. The zero-order valence-corrected chi connectivity index (χ0v) is 14.4. The maximum absolute atomic E-state index is 12.9. The van der Waals surface area contributed by atoms with Crippen LogP contribution in [0.2, 0.25) is 0 Å². The maximum atomic E-state index is 12.9. The summed E-state index contributed by atoms with van der Waals surface area (Å²) in [5.41, 5.74) is -1.23. The number of aromatic hydroxyl groups is 1. The van der Waals surface area contributed by atoms with Gasteiger partial charge in [0.1, 0.15) is 28.9 Å². The molecule has 2 aliphatic heterocycles. The van der Waals surface area contributed by atoms with Crippen LogP contribution >= 0.6 is 0 Å². The first-order chi connectivity index (χ1) is 12.9. The number of anilines is 1. The van der Waals surface area contributed by atoms with Crippen LogP contribution in [0.3, 0.4) is 0 Å². The molecule has 5 atom stereocenters. The van der Waals surface area contributed by atoms with E-state index in [4.69, 9.17) is 4.74 Å². The number of fused-ring (bicyclic) bond motifs is 1. The van der Waals surface area contributed by atoms with Crippen molar-refractivity contribution in [1.82, 2.24) is 0 Å². The first-order valence-electron chi connectivity index (χ1n) is 8.69. The van der Waals surface area contributed by atoms with E-state index in [1.165, 1.54) is 23.1 Å². The van der Waals surface area contributed by atoms with Crippen LogP contribution in [0, 0.1) is 35.5 Å². The number of allylic oxidation sites excluding steroid dienone is 2. The molecule has 0 radical (unpaired) electrons. The molecule has 2 heterocycles. The fraction of sp³-hybridized carbons (Fsp3) is 0.333. The molecular formula is C21H15NO5. The van der Waals surface area contributed by atoms with Crippen molar-refractivity contribution in [2.45, 2.75) is 30.6 Å². The Kier molecular flexibility index (Phi) is 2.92. The van der Waals surface area contributed by atoms with Crippen LogP contribution < -0.4 is 4.90 Å². The number of ether oxygens (including phenoxy) is 1. The average Bonchev–Trinajstić information content (AvgIpc) is 3.33. The number of rotatable bonds is 0. The molecular weight excluding hydrogens is 346 g/mol. The van der Waals surface area contributed by atoms with Crippen molar-refractivity contribution in [3.63, 3.8) is 0 Å². The minimum Gasteiger partial charge on any atom is -0.508 e. The second-order valence-corrected chi connectivity index (χ2v) is 7.30. The molecule has 2 N–H and O–H groups in total. The summed E-state index contributed by atoms with van der Waals surface area (Å²) in [5, 5.41) is 20.0. The van der Waals surface area contributed by atoms with E-state index in [9.17, 15) is 19.8 Å². The third-order valence-electron chi connectivity index (χ3n) is 6.04. The predicted molar refractivity (Wildman–Crippen MR) is 94.9 cm³/mol. The van der Waals surface area contributed by atoms with Gasteiger partial charge in [0.2, 0.25) is 0 Å². The lowest BCUT2D eigenvalue weighted by Gasteiger charge is -2.44. The molecule has 6 nitrogen and oxygen atoms in total. The molecule has 6 heteroatoms. The summed E-state index contributed by atoms with van der Waals surface area (Å²) < 4.78 is 6.35. The van der Waals surface area contributed by atoms with E-state index in [1.54, 1.807) is 12.2 Å². The summed E-state index contributed by atoms with van der Waals surface area (Å²) in [6.07, 6.45) is 2.18. The van der Waals surface area contributed by atoms with Gasteiger partial charge in [-0.05, 0) is 36.3 Å². The monoisotopic (exact) mass is 361 g/mol. The molecule has 4 aliphatic rings. The number of carbonyl (C=O) groups excluding carboxylic acids is 1. The number of carbonyl (C=O) groups is 2. The van der Waals surface area contributed by atoms with Gasteiger partial charge in [0.15, 0.2) is 5.78 Å². The highest BCUT2D eigenvalue weighted by Gasteiger charge is 2.85. The van der Waals surface area contributed by atoms with Gasteiger partial charge in [0.25, 0.3) is 0 Å². The number of carboxylic acid groups (broad SMARTS) is 1. The van der Waals surface area contributed by atoms with Crippen molar-refractivity contribution in [3.05, 3.63) is 35.9 Å². The quantitative estimate of drug-likeness (QED) is 0.545. The number of amides is 1. The Morgan fingerprint density at radius 1 is 1.30 bits per heavy atom. The highest BCUT2D eigenvalue weighted by molar-refractivity contribution is 5.96. The van der Waals surface area contributed by atoms with Gasteiger partial charge in [0.05, 0.1) is 5.69 Å². The van der Waals surface area contributed by atoms with E-state index in [0.717, 1.165) is 0 Å². The van der Waals surface area contributed by atoms with Gasteiger partial charge < -0.3 is 14.9 Å². The number of phenolic OH excluding ortho intramolecular Hbond substituents is 1. The molecule has 1 aromatic rings. The lowest BCUT2D eigenvalue weighted by atomic mass is 9.59. The van der Waals surface area contributed by atoms with E-state index in [1.807, 2.05) is 6.92 Å². The number of hydrogen-bond acceptors (Lipinski definition) is 4. The summed E-state index contributed by atoms with van der Waals surface area (Å²) >= 11 is 0. The van der Waals surface area contributed by atoms with Gasteiger partial charge in [-0.1, -0.05) is 30.6 Å². The molecule has 5 rings (SSSR count). The minimum absolute atomic E-state index is 0.0215. The summed E-state index contributed by atoms with van der Waals surface area (Å²) in [5.74, 6) is 10.7. The number of phenols is 1. The van der Waals surface area contributed by atoms with Crippen molar-refractivity contribution < 1.29 is 24.5 Å². The van der Waals surface area contributed by atoms with E-state index in [2.05, 4.69) is 23.7 Å². The SMILES string of the molecule is C[C@H]1CC(=O)[C@H]2C#CC=CC#C[C@@H]3N(C(=O)O)c4ccc(O)cc4[C@]24O[C@]314. The number of Topliss-reactive ketones (excluding diaryl/α,β-unsaturated/α-hetero) is 1. The van der Waals surface area contributed by atoms with Gasteiger partial charge in [-0.2, -0.15) is 0 Å². The van der Waals surface area contributed by atoms with Gasteiger partial charge in [-0.25, -0.2) is 4.79 Å². The summed E-state index contributed by atoms with van der Waals surface area (Å²) in [6.45, 7) is 1.88. The number of epoxide rings is 1. The largest absolute Gasteiger partial charge is 0.508 e. The van der Waals surface area contributed by atoms with Gasteiger partial charge in [0, 0.05) is 12.0 Å². The van der Waals surface area contributed by atoms with Crippen LogP contribution in [0.15, 0.2) is 30.4 Å². The third kappa shape index (κ3) is 1.71. The lowest BCUT2D eigenvalue weighted by Crippen LogP contribution is -2.61. The Morgan fingerprint density at radius 2 is 2.04 bits per heavy atom. The van der Waals surface area contributed by atoms with Gasteiger partial charge >= 0.3 is 6.09 Å². The van der Waals surface area contributed by atoms with Gasteiger partial charge in [-0.15, -0.1) is 0 Å². The molecule has 0 aromatic heterocycles. The Bertz CT molecular complexity index is 1070. The lowest BCUT2D eigenvalue weighted by molar-refractivity contribution is -0.125. The molecule has 4 bridgehead atoms. The second kappa shape index (κ2) is 4.94. The van der Waals surface area contributed by atoms with Crippen LogP contribution in [0.25, 0.3) is 0 Å². The Hall–Kier alpha value is -3.22. The van der Waals surface area contributed by atoms with Crippen LogP contribution in [0.4, 0.5) is 10.5 Å². The fourth-order valence-corrected chi connectivity index (χ4v) is 5.01. The van der Waals surface area contributed by atoms with Crippen molar-refractivity contribution in [1.29, 1.82) is 0 Å². The second-order valence-electron chi connectivity index (χ2n) is 7.30. The van der Waals surface area contributed by atoms with E-state index >= 15 is 0 Å². The highest BCUT2D eigenvalue weighted by atomic mass is 16.6. The normalized spacial score (nSPS) is 37.0. The van der Waals surface area contributed by atoms with E-state index in [0.29, 0.717) is 11.3 Å². The average molecular weight is 361 g/mol. The Labute approximate surface area is 155 Å². The zero-order valence-electron chi connectivity index (χ0n) is 14.4. The van der Waals surface area contributed by atoms with Crippen molar-refractivity contribution >= 4 is 17.6 Å². The summed E-state index contributed by atoms with van der Waals surface area (Å²) in [7, 11) is 0. The molecule has 2 fully saturated rings. The molecule has 27 heavy (non-hydrogen) atoms. The first-order valence-corrected chi connectivity index (χ1v) is 8.69. The minimum atomic E-state index is -1.16. The van der Waals surface area contributed by atoms with Crippen LogP contribution in [0.1, 0.15) is 18.9 Å². The molecule has 1 aromatic carbocycles. The van der Waals surface area contributed by atoms with Crippen molar-refractivity contribution in [2.75, 3.05) is 4.90 Å². The van der Waals surface area contributed by atoms with Gasteiger partial charge in [-0.3, -0.25) is 9.69 Å². The summed E-state index contributed by atoms with van der Waals surface area (Å²) in [6, 6.07) is 3.66. The molecule has 2 aliphatic carbocycles. The molecule has 1 saturated carbocycles. The van der Waals surface area contributed by atoms with E-state index < -0.39 is 29.3 Å².